The molecule has 0 bridgehead atoms. The predicted molar refractivity (Wildman–Crippen MR) is 159 cm³/mol. The molecule has 3 aromatic rings. The molecule has 0 radical (unpaired) electrons. The van der Waals surface area contributed by atoms with Gasteiger partial charge >= 0.3 is 12.4 Å². The van der Waals surface area contributed by atoms with Crippen LogP contribution in [0.1, 0.15) is 49.3 Å². The number of benzene rings is 1. The first kappa shape index (κ1) is 33.8. The third-order valence-electron chi connectivity index (χ3n) is 8.21. The van der Waals surface area contributed by atoms with Gasteiger partial charge in [0.25, 0.3) is 6.47 Å². The minimum absolute atomic E-state index is 0.0288. The summed E-state index contributed by atoms with van der Waals surface area (Å²) in [5, 5.41) is 0.213. The Morgan fingerprint density at radius 2 is 1.61 bits per heavy atom. The van der Waals surface area contributed by atoms with Gasteiger partial charge in [0, 0.05) is 45.1 Å². The maximum atomic E-state index is 13.7. The van der Waals surface area contributed by atoms with Crippen LogP contribution in [0.15, 0.2) is 36.8 Å². The number of aromatic nitrogens is 4. The van der Waals surface area contributed by atoms with Crippen LogP contribution in [0.3, 0.4) is 0 Å². The average molecular weight is 692 g/mol. The summed E-state index contributed by atoms with van der Waals surface area (Å²) in [7, 11) is 0. The number of piperidine rings is 1. The number of carbonyl (C=O) groups is 1. The molecule has 0 aliphatic carbocycles. The fourth-order valence-electron chi connectivity index (χ4n) is 5.93. The van der Waals surface area contributed by atoms with Crippen LogP contribution in [-0.4, -0.2) is 64.2 Å². The van der Waals surface area contributed by atoms with E-state index in [1.54, 1.807) is 17.3 Å². The van der Waals surface area contributed by atoms with Gasteiger partial charge in [0.1, 0.15) is 11.1 Å². The first-order valence-corrected chi connectivity index (χ1v) is 15.2. The van der Waals surface area contributed by atoms with Crippen molar-refractivity contribution < 1.29 is 35.9 Å². The quantitative estimate of drug-likeness (QED) is 0.136. The van der Waals surface area contributed by atoms with Crippen molar-refractivity contribution in [2.24, 2.45) is 0 Å². The molecule has 2 atom stereocenters. The molecule has 2 aliphatic rings. The predicted octanol–water partition coefficient (Wildman–Crippen LogP) is 6.82. The fraction of sp³-hybridized carbons (Fsp3) is 0.483. The van der Waals surface area contributed by atoms with Gasteiger partial charge in [-0.3, -0.25) is 4.79 Å². The lowest BCUT2D eigenvalue weighted by Gasteiger charge is -2.33. The highest BCUT2D eigenvalue weighted by molar-refractivity contribution is 6.33. The number of hydrogen-bond acceptors (Lipinski definition) is 9. The van der Waals surface area contributed by atoms with E-state index in [4.69, 9.17) is 27.9 Å². The molecular weight excluding hydrogens is 663 g/mol. The fourth-order valence-corrected chi connectivity index (χ4v) is 6.26. The Morgan fingerprint density at radius 1 is 0.978 bits per heavy atom. The first-order chi connectivity index (χ1) is 21.8. The average Bonchev–Trinajstić information content (AvgIpc) is 3.45. The molecule has 248 valence electrons. The summed E-state index contributed by atoms with van der Waals surface area (Å²) in [4.78, 5) is 33.4. The minimum atomic E-state index is -5.00. The molecule has 2 aliphatic heterocycles. The van der Waals surface area contributed by atoms with Gasteiger partial charge < -0.3 is 19.4 Å². The number of nitrogens with zero attached hydrogens (tertiary/aromatic N) is 7. The Bertz CT molecular complexity index is 1490. The lowest BCUT2D eigenvalue weighted by Crippen LogP contribution is -2.39. The lowest BCUT2D eigenvalue weighted by molar-refractivity contribution is -0.143. The van der Waals surface area contributed by atoms with Crippen LogP contribution in [0.4, 0.5) is 43.8 Å². The van der Waals surface area contributed by atoms with Crippen LogP contribution >= 0.6 is 23.2 Å². The smallest absolute Gasteiger partial charge is 0.416 e. The number of hydrogen-bond donors (Lipinski definition) is 0. The summed E-state index contributed by atoms with van der Waals surface area (Å²) in [6.45, 7) is 3.44. The molecule has 2 fully saturated rings. The molecule has 0 saturated carbocycles. The summed E-state index contributed by atoms with van der Waals surface area (Å²) < 4.78 is 87.3. The topological polar surface area (TPSA) is 87.6 Å². The van der Waals surface area contributed by atoms with Crippen molar-refractivity contribution >= 4 is 47.1 Å². The number of rotatable bonds is 9. The highest BCUT2D eigenvalue weighted by Gasteiger charge is 2.40. The molecule has 2 saturated heterocycles. The number of ether oxygens (including phenoxy) is 1. The molecule has 0 amide bonds. The van der Waals surface area contributed by atoms with Gasteiger partial charge in [-0.15, -0.1) is 0 Å². The van der Waals surface area contributed by atoms with E-state index >= 15 is 0 Å². The van der Waals surface area contributed by atoms with Gasteiger partial charge in [-0.25, -0.2) is 15.0 Å². The number of halogens is 8. The third kappa shape index (κ3) is 7.68. The Balaban J connectivity index is 1.50. The third-order valence-corrected chi connectivity index (χ3v) is 8.66. The van der Waals surface area contributed by atoms with E-state index < -0.39 is 29.5 Å². The van der Waals surface area contributed by atoms with Gasteiger partial charge in [-0.05, 0) is 48.2 Å². The second kappa shape index (κ2) is 13.6. The van der Waals surface area contributed by atoms with E-state index in [1.807, 2.05) is 16.7 Å². The molecule has 2 aromatic heterocycles. The Morgan fingerprint density at radius 3 is 2.17 bits per heavy atom. The normalized spacial score (nSPS) is 19.4. The van der Waals surface area contributed by atoms with Crippen molar-refractivity contribution in [3.05, 3.63) is 63.8 Å². The molecule has 1 aromatic carbocycles. The molecule has 17 heteroatoms. The summed E-state index contributed by atoms with van der Waals surface area (Å²) in [6.07, 6.45) is -3.39. The number of carbonyl (C=O) groups excluding carboxylic acids is 1. The highest BCUT2D eigenvalue weighted by atomic mass is 35.5. The van der Waals surface area contributed by atoms with E-state index in [0.717, 1.165) is 0 Å². The van der Waals surface area contributed by atoms with E-state index in [-0.39, 0.29) is 53.1 Å². The Hall–Kier alpha value is -3.59. The maximum absolute atomic E-state index is 13.7. The Kier molecular flexibility index (Phi) is 10.0. The number of alkyl halides is 6. The van der Waals surface area contributed by atoms with Gasteiger partial charge in [0.05, 0.1) is 41.4 Å². The van der Waals surface area contributed by atoms with Gasteiger partial charge in [-0.2, -0.15) is 31.3 Å². The number of anilines is 3. The molecule has 0 unspecified atom stereocenters. The van der Waals surface area contributed by atoms with Gasteiger partial charge in [0.2, 0.25) is 11.2 Å². The highest BCUT2D eigenvalue weighted by Crippen LogP contribution is 2.39. The molecule has 0 N–H and O–H groups in total. The van der Waals surface area contributed by atoms with Gasteiger partial charge in [0.15, 0.2) is 5.82 Å². The van der Waals surface area contributed by atoms with E-state index in [2.05, 4.69) is 19.9 Å². The van der Waals surface area contributed by atoms with Crippen LogP contribution in [0.5, 0.6) is 0 Å². The molecule has 9 nitrogen and oxygen atoms in total. The van der Waals surface area contributed by atoms with Crippen molar-refractivity contribution in [1.82, 2.24) is 19.9 Å². The first-order valence-electron chi connectivity index (χ1n) is 14.4. The SMILES string of the molecule is CC[C@@H]1C[C@H](N(Cc2cc(C(F)(F)F)cc(C(F)(F)F)c2)c2ncc(N3CCC(OC=O)CC3)cn2)CN1c1nc(Cl)ncc1Cl. The molecular formula is C29H29Cl2F6N7O2. The van der Waals surface area contributed by atoms with Crippen molar-refractivity contribution in [3.8, 4) is 0 Å². The zero-order chi connectivity index (χ0) is 33.2. The van der Waals surface area contributed by atoms with E-state index in [0.29, 0.717) is 68.9 Å². The molecule has 5 rings (SSSR count). The summed E-state index contributed by atoms with van der Waals surface area (Å²) >= 11 is 12.5. The monoisotopic (exact) mass is 691 g/mol. The van der Waals surface area contributed by atoms with Crippen LogP contribution in [0.2, 0.25) is 10.3 Å². The zero-order valence-corrected chi connectivity index (χ0v) is 25.9. The van der Waals surface area contributed by atoms with Crippen LogP contribution in [0.25, 0.3) is 0 Å². The van der Waals surface area contributed by atoms with E-state index in [1.165, 1.54) is 6.20 Å². The second-order valence-electron chi connectivity index (χ2n) is 11.1. The summed E-state index contributed by atoms with van der Waals surface area (Å²) in [6, 6.07) is 0.937. The molecule has 4 heterocycles. The van der Waals surface area contributed by atoms with Crippen LogP contribution < -0.4 is 14.7 Å². The largest absolute Gasteiger partial charge is 0.464 e. The Labute approximate surface area is 270 Å². The zero-order valence-electron chi connectivity index (χ0n) is 24.4. The molecule has 46 heavy (non-hydrogen) atoms. The van der Waals surface area contributed by atoms with Crippen molar-refractivity contribution in [3.63, 3.8) is 0 Å². The lowest BCUT2D eigenvalue weighted by atomic mass is 10.0. The van der Waals surface area contributed by atoms with Crippen molar-refractivity contribution in [1.29, 1.82) is 0 Å². The van der Waals surface area contributed by atoms with Gasteiger partial charge in [-0.1, -0.05) is 18.5 Å². The summed E-state index contributed by atoms with van der Waals surface area (Å²) in [5.41, 5.74) is -2.34. The van der Waals surface area contributed by atoms with Crippen LogP contribution in [-0.2, 0) is 28.4 Å². The molecule has 0 spiro atoms. The summed E-state index contributed by atoms with van der Waals surface area (Å²) in [5.74, 6) is 0.495. The maximum Gasteiger partial charge on any atom is 0.416 e. The minimum Gasteiger partial charge on any atom is -0.464 e. The van der Waals surface area contributed by atoms with Crippen molar-refractivity contribution in [2.75, 3.05) is 34.3 Å². The van der Waals surface area contributed by atoms with Crippen molar-refractivity contribution in [2.45, 2.75) is 69.7 Å². The standard InChI is InChI=1S/C29H29Cl2F6N7O2/c1-2-20-10-21(15-43(20)25-24(30)13-38-26(31)41-25)44(14-17-7-18(28(32,33)34)9-19(8-17)29(35,36)37)27-39-11-22(12-40-27)42-5-3-23(4-6-42)46-16-45/h7-9,11-13,16,20-21,23H,2-6,10,14-15H2,1H3/t20-,21+/m1/s1. The van der Waals surface area contributed by atoms with E-state index in [9.17, 15) is 31.1 Å². The van der Waals surface area contributed by atoms with Crippen LogP contribution in [0, 0.1) is 0 Å². The second-order valence-corrected chi connectivity index (χ2v) is 11.9.